The number of aromatic nitrogens is 2. The fourth-order valence-electron chi connectivity index (χ4n) is 2.56. The average molecular weight is 256 g/mol. The molecule has 0 unspecified atom stereocenters. The summed E-state index contributed by atoms with van der Waals surface area (Å²) in [5.74, 6) is 1.03. The van der Waals surface area contributed by atoms with Gasteiger partial charge in [-0.3, -0.25) is 5.10 Å². The van der Waals surface area contributed by atoms with Crippen LogP contribution in [-0.4, -0.2) is 29.3 Å². The van der Waals surface area contributed by atoms with Gasteiger partial charge >= 0.3 is 0 Å². The van der Waals surface area contributed by atoms with E-state index in [0.29, 0.717) is 6.04 Å². The van der Waals surface area contributed by atoms with E-state index in [4.69, 9.17) is 5.73 Å². The lowest BCUT2D eigenvalue weighted by Gasteiger charge is -2.29. The van der Waals surface area contributed by atoms with Crippen LogP contribution >= 0.6 is 0 Å². The quantitative estimate of drug-likeness (QED) is 0.867. The van der Waals surface area contributed by atoms with Crippen molar-refractivity contribution in [3.05, 3.63) is 35.9 Å². The Morgan fingerprint density at radius 1 is 1.26 bits per heavy atom. The molecule has 0 radical (unpaired) electrons. The molecule has 19 heavy (non-hydrogen) atoms. The highest BCUT2D eigenvalue weighted by atomic mass is 15.3. The van der Waals surface area contributed by atoms with Gasteiger partial charge in [-0.15, -0.1) is 0 Å². The number of aromatic amines is 1. The van der Waals surface area contributed by atoms with Crippen LogP contribution in [0.3, 0.4) is 0 Å². The molecule has 2 aromatic rings. The number of aryl methyl sites for hydroxylation is 1. The fraction of sp³-hybridized carbons (Fsp3) is 0.400. The molecule has 1 aliphatic heterocycles. The Morgan fingerprint density at radius 3 is 2.79 bits per heavy atom. The Morgan fingerprint density at radius 2 is 2.05 bits per heavy atom. The van der Waals surface area contributed by atoms with Crippen LogP contribution in [0.2, 0.25) is 0 Å². The summed E-state index contributed by atoms with van der Waals surface area (Å²) < 4.78 is 0. The number of hydrogen-bond donors (Lipinski definition) is 2. The molecule has 4 heteroatoms. The minimum Gasteiger partial charge on any atom is -0.355 e. The molecule has 1 aliphatic rings. The maximum atomic E-state index is 5.93. The zero-order valence-electron chi connectivity index (χ0n) is 11.3. The number of H-pyrrole nitrogens is 1. The summed E-state index contributed by atoms with van der Waals surface area (Å²) in [6.45, 7) is 4.10. The number of nitrogens with two attached hydrogens (primary N) is 1. The second-order valence-corrected chi connectivity index (χ2v) is 5.33. The molecule has 0 bridgehead atoms. The van der Waals surface area contributed by atoms with Crippen molar-refractivity contribution in [3.8, 4) is 11.3 Å². The normalized spacial score (nSPS) is 16.8. The standard InChI is InChI=1S/C15H20N4/c1-11-3-2-4-12(9-11)14-10-15(18-17-14)19-7-5-13(16)6-8-19/h2-4,9-10,13H,5-8,16H2,1H3,(H,17,18). The number of piperidine rings is 1. The average Bonchev–Trinajstić information content (AvgIpc) is 2.89. The summed E-state index contributed by atoms with van der Waals surface area (Å²) in [6.07, 6.45) is 2.10. The van der Waals surface area contributed by atoms with E-state index in [9.17, 15) is 0 Å². The Balaban J connectivity index is 1.80. The zero-order chi connectivity index (χ0) is 13.2. The maximum absolute atomic E-state index is 5.93. The first kappa shape index (κ1) is 12.2. The summed E-state index contributed by atoms with van der Waals surface area (Å²) >= 11 is 0. The molecule has 0 saturated carbocycles. The van der Waals surface area contributed by atoms with E-state index in [1.54, 1.807) is 0 Å². The molecule has 100 valence electrons. The summed E-state index contributed by atoms with van der Waals surface area (Å²) in [6, 6.07) is 10.9. The van der Waals surface area contributed by atoms with E-state index >= 15 is 0 Å². The molecule has 3 rings (SSSR count). The molecule has 0 amide bonds. The van der Waals surface area contributed by atoms with Crippen LogP contribution in [0.25, 0.3) is 11.3 Å². The highest BCUT2D eigenvalue weighted by Gasteiger charge is 2.18. The van der Waals surface area contributed by atoms with E-state index < -0.39 is 0 Å². The van der Waals surface area contributed by atoms with Gasteiger partial charge in [0.15, 0.2) is 5.82 Å². The summed E-state index contributed by atoms with van der Waals surface area (Å²) in [7, 11) is 0. The van der Waals surface area contributed by atoms with E-state index in [1.165, 1.54) is 11.1 Å². The fourth-order valence-corrected chi connectivity index (χ4v) is 2.56. The maximum Gasteiger partial charge on any atom is 0.150 e. The molecule has 0 spiro atoms. The molecule has 1 fully saturated rings. The Labute approximate surface area is 113 Å². The number of nitrogens with one attached hydrogen (secondary N) is 1. The van der Waals surface area contributed by atoms with Crippen molar-refractivity contribution in [2.75, 3.05) is 18.0 Å². The molecule has 0 atom stereocenters. The van der Waals surface area contributed by atoms with Crippen LogP contribution in [0.4, 0.5) is 5.82 Å². The van der Waals surface area contributed by atoms with Gasteiger partial charge in [0.25, 0.3) is 0 Å². The summed E-state index contributed by atoms with van der Waals surface area (Å²) in [4.78, 5) is 2.30. The van der Waals surface area contributed by atoms with Gasteiger partial charge in [0, 0.05) is 25.2 Å². The number of anilines is 1. The highest BCUT2D eigenvalue weighted by Crippen LogP contribution is 2.24. The number of benzene rings is 1. The second-order valence-electron chi connectivity index (χ2n) is 5.33. The summed E-state index contributed by atoms with van der Waals surface area (Å²) in [5, 5.41) is 7.57. The van der Waals surface area contributed by atoms with Gasteiger partial charge in [0.05, 0.1) is 5.69 Å². The summed E-state index contributed by atoms with van der Waals surface area (Å²) in [5.41, 5.74) is 9.46. The number of nitrogens with zero attached hydrogens (tertiary/aromatic N) is 2. The molecule has 1 aromatic heterocycles. The monoisotopic (exact) mass is 256 g/mol. The van der Waals surface area contributed by atoms with E-state index in [-0.39, 0.29) is 0 Å². The largest absolute Gasteiger partial charge is 0.355 e. The van der Waals surface area contributed by atoms with E-state index in [1.807, 2.05) is 0 Å². The number of rotatable bonds is 2. The number of hydrogen-bond acceptors (Lipinski definition) is 3. The first-order chi connectivity index (χ1) is 9.22. The van der Waals surface area contributed by atoms with Gasteiger partial charge in [-0.2, -0.15) is 5.10 Å². The van der Waals surface area contributed by atoms with Crippen LogP contribution in [0.1, 0.15) is 18.4 Å². The molecule has 1 aromatic carbocycles. The zero-order valence-corrected chi connectivity index (χ0v) is 11.3. The molecule has 4 nitrogen and oxygen atoms in total. The smallest absolute Gasteiger partial charge is 0.150 e. The van der Waals surface area contributed by atoms with E-state index in [2.05, 4.69) is 52.4 Å². The van der Waals surface area contributed by atoms with Crippen LogP contribution < -0.4 is 10.6 Å². The molecular weight excluding hydrogens is 236 g/mol. The van der Waals surface area contributed by atoms with E-state index in [0.717, 1.165) is 37.4 Å². The third-order valence-electron chi connectivity index (χ3n) is 3.76. The Kier molecular flexibility index (Phi) is 3.25. The van der Waals surface area contributed by atoms with Gasteiger partial charge in [0.1, 0.15) is 0 Å². The van der Waals surface area contributed by atoms with Gasteiger partial charge < -0.3 is 10.6 Å². The third-order valence-corrected chi connectivity index (χ3v) is 3.76. The second kappa shape index (κ2) is 5.05. The van der Waals surface area contributed by atoms with Gasteiger partial charge in [0.2, 0.25) is 0 Å². The van der Waals surface area contributed by atoms with Gasteiger partial charge in [-0.1, -0.05) is 23.8 Å². The molecule has 3 N–H and O–H groups in total. The molecule has 0 aliphatic carbocycles. The first-order valence-corrected chi connectivity index (χ1v) is 6.85. The lowest BCUT2D eigenvalue weighted by atomic mass is 10.1. The highest BCUT2D eigenvalue weighted by molar-refractivity contribution is 5.63. The van der Waals surface area contributed by atoms with Gasteiger partial charge in [-0.05, 0) is 31.4 Å². The Hall–Kier alpha value is -1.81. The van der Waals surface area contributed by atoms with Crippen molar-refractivity contribution in [1.29, 1.82) is 0 Å². The lowest BCUT2D eigenvalue weighted by Crippen LogP contribution is -2.39. The predicted molar refractivity (Wildman–Crippen MR) is 78.2 cm³/mol. The lowest BCUT2D eigenvalue weighted by molar-refractivity contribution is 0.498. The van der Waals surface area contributed by atoms with Crippen molar-refractivity contribution in [2.45, 2.75) is 25.8 Å². The molecule has 2 heterocycles. The van der Waals surface area contributed by atoms with Gasteiger partial charge in [-0.25, -0.2) is 0 Å². The molecule has 1 saturated heterocycles. The third kappa shape index (κ3) is 2.63. The molecular formula is C15H20N4. The minimum absolute atomic E-state index is 0.353. The van der Waals surface area contributed by atoms with Crippen molar-refractivity contribution in [1.82, 2.24) is 10.2 Å². The topological polar surface area (TPSA) is 57.9 Å². The van der Waals surface area contributed by atoms with Crippen molar-refractivity contribution >= 4 is 5.82 Å². The first-order valence-electron chi connectivity index (χ1n) is 6.85. The van der Waals surface area contributed by atoms with Crippen molar-refractivity contribution in [2.24, 2.45) is 5.73 Å². The predicted octanol–water partition coefficient (Wildman–Crippen LogP) is 2.31. The van der Waals surface area contributed by atoms with Crippen LogP contribution in [0.5, 0.6) is 0 Å². The minimum atomic E-state index is 0.353. The SMILES string of the molecule is Cc1cccc(-c2cc(N3CCC(N)CC3)n[nH]2)c1. The van der Waals surface area contributed by atoms with Crippen molar-refractivity contribution in [3.63, 3.8) is 0 Å². The Bertz CT molecular complexity index is 553. The van der Waals surface area contributed by atoms with Crippen LogP contribution in [-0.2, 0) is 0 Å². The van der Waals surface area contributed by atoms with Crippen molar-refractivity contribution < 1.29 is 0 Å². The van der Waals surface area contributed by atoms with Crippen LogP contribution in [0, 0.1) is 6.92 Å². The van der Waals surface area contributed by atoms with Crippen LogP contribution in [0.15, 0.2) is 30.3 Å².